The van der Waals surface area contributed by atoms with Gasteiger partial charge in [0.2, 0.25) is 5.91 Å². The van der Waals surface area contributed by atoms with Crippen molar-refractivity contribution in [2.45, 2.75) is 26.8 Å². The molecule has 0 radical (unpaired) electrons. The number of nitrogens with zero attached hydrogens (tertiary/aromatic N) is 1. The number of fused-ring (bicyclic) bond motifs is 1. The Morgan fingerprint density at radius 3 is 2.74 bits per heavy atom. The molecule has 0 saturated carbocycles. The van der Waals surface area contributed by atoms with E-state index < -0.39 is 0 Å². The molecule has 3 nitrogen and oxygen atoms in total. The Hall–Kier alpha value is -2.03. The number of likely N-dealkylation sites (N-methyl/N-ethyl adjacent to an activating group) is 1. The quantitative estimate of drug-likeness (QED) is 0.838. The maximum atomic E-state index is 11.8. The fourth-order valence-corrected chi connectivity index (χ4v) is 2.58. The zero-order chi connectivity index (χ0) is 14.2. The van der Waals surface area contributed by atoms with Crippen molar-refractivity contribution < 1.29 is 4.79 Å². The first kappa shape index (κ1) is 13.4. The Bertz CT molecular complexity index is 639. The molecule has 0 saturated heterocycles. The number of carbonyl (C=O) groups excluding carboxylic acids is 1. The molecule has 2 rings (SSSR count). The van der Waals surface area contributed by atoms with Crippen molar-refractivity contribution in [1.29, 1.82) is 0 Å². The van der Waals surface area contributed by atoms with Gasteiger partial charge in [-0.2, -0.15) is 0 Å². The third-order valence-electron chi connectivity index (χ3n) is 3.80. The molecule has 19 heavy (non-hydrogen) atoms. The molecule has 1 atom stereocenters. The molecule has 1 aromatic carbocycles. The first-order chi connectivity index (χ1) is 8.97. The molecule has 0 spiro atoms. The molecule has 0 aliphatic heterocycles. The summed E-state index contributed by atoms with van der Waals surface area (Å²) in [5.74, 6) is -0.0612. The molecule has 1 heterocycles. The van der Waals surface area contributed by atoms with E-state index in [4.69, 9.17) is 0 Å². The molecule has 1 N–H and O–H groups in total. The van der Waals surface area contributed by atoms with Crippen LogP contribution in [0, 0.1) is 13.8 Å². The second-order valence-electron chi connectivity index (χ2n) is 4.99. The molecule has 0 aliphatic carbocycles. The lowest BCUT2D eigenvalue weighted by Gasteiger charge is -2.24. The van der Waals surface area contributed by atoms with Gasteiger partial charge in [0.05, 0.1) is 6.04 Å². The highest BCUT2D eigenvalue weighted by molar-refractivity contribution is 5.90. The zero-order valence-electron chi connectivity index (χ0n) is 11.9. The number of rotatable bonds is 3. The average Bonchev–Trinajstić information content (AvgIpc) is 2.74. The number of benzene rings is 1. The lowest BCUT2D eigenvalue weighted by molar-refractivity contribution is -0.126. The Morgan fingerprint density at radius 1 is 1.42 bits per heavy atom. The molecule has 1 unspecified atom stereocenters. The first-order valence-electron chi connectivity index (χ1n) is 6.44. The fraction of sp³-hybridized carbons (Fsp3) is 0.312. The van der Waals surface area contributed by atoms with Crippen LogP contribution in [-0.2, 0) is 4.79 Å². The number of amides is 1. The number of para-hydroxylation sites is 1. The standard InChI is InChI=1S/C16H20N2O/c1-6-14(19)18(5)12(4)15-11(3)17-16-10(2)8-7-9-13(15)16/h6-9,12,17H,1H2,2-5H3. The number of hydrogen-bond acceptors (Lipinski definition) is 1. The van der Waals surface area contributed by atoms with Crippen LogP contribution in [0.1, 0.15) is 29.8 Å². The molecule has 1 amide bonds. The number of nitrogens with one attached hydrogen (secondary N) is 1. The van der Waals surface area contributed by atoms with Gasteiger partial charge < -0.3 is 9.88 Å². The van der Waals surface area contributed by atoms with E-state index in [1.54, 1.807) is 4.90 Å². The van der Waals surface area contributed by atoms with E-state index in [2.05, 4.69) is 43.6 Å². The third kappa shape index (κ3) is 2.16. The van der Waals surface area contributed by atoms with Crippen molar-refractivity contribution in [3.05, 3.63) is 47.7 Å². The van der Waals surface area contributed by atoms with Gasteiger partial charge in [-0.05, 0) is 32.4 Å². The summed E-state index contributed by atoms with van der Waals surface area (Å²) < 4.78 is 0. The maximum absolute atomic E-state index is 11.8. The van der Waals surface area contributed by atoms with Gasteiger partial charge in [-0.3, -0.25) is 4.79 Å². The zero-order valence-corrected chi connectivity index (χ0v) is 11.9. The number of carbonyl (C=O) groups is 1. The molecule has 0 aliphatic rings. The van der Waals surface area contributed by atoms with Gasteiger partial charge in [0.15, 0.2) is 0 Å². The first-order valence-corrected chi connectivity index (χ1v) is 6.44. The van der Waals surface area contributed by atoms with Crippen LogP contribution in [0.3, 0.4) is 0 Å². The Kier molecular flexibility index (Phi) is 3.47. The van der Waals surface area contributed by atoms with E-state index in [0.717, 1.165) is 11.2 Å². The van der Waals surface area contributed by atoms with Crippen LogP contribution in [-0.4, -0.2) is 22.8 Å². The van der Waals surface area contributed by atoms with Crippen molar-refractivity contribution in [3.8, 4) is 0 Å². The summed E-state index contributed by atoms with van der Waals surface area (Å²) in [6, 6.07) is 6.26. The summed E-state index contributed by atoms with van der Waals surface area (Å²) in [4.78, 5) is 16.9. The van der Waals surface area contributed by atoms with Crippen LogP contribution in [0.4, 0.5) is 0 Å². The highest BCUT2D eigenvalue weighted by atomic mass is 16.2. The van der Waals surface area contributed by atoms with Crippen molar-refractivity contribution >= 4 is 16.8 Å². The number of H-pyrrole nitrogens is 1. The summed E-state index contributed by atoms with van der Waals surface area (Å²) in [6.07, 6.45) is 1.35. The van der Waals surface area contributed by atoms with Gasteiger partial charge in [-0.1, -0.05) is 24.8 Å². The number of aromatic nitrogens is 1. The Morgan fingerprint density at radius 2 is 2.11 bits per heavy atom. The van der Waals surface area contributed by atoms with E-state index in [-0.39, 0.29) is 11.9 Å². The second kappa shape index (κ2) is 4.92. The summed E-state index contributed by atoms with van der Waals surface area (Å²) in [5, 5.41) is 1.19. The Balaban J connectivity index is 2.56. The smallest absolute Gasteiger partial charge is 0.246 e. The summed E-state index contributed by atoms with van der Waals surface area (Å²) in [6.45, 7) is 9.73. The van der Waals surface area contributed by atoms with Crippen LogP contribution < -0.4 is 0 Å². The van der Waals surface area contributed by atoms with Gasteiger partial charge in [0, 0.05) is 29.2 Å². The van der Waals surface area contributed by atoms with Crippen molar-refractivity contribution in [2.75, 3.05) is 7.05 Å². The molecular weight excluding hydrogens is 236 g/mol. The van der Waals surface area contributed by atoms with Gasteiger partial charge in [0.1, 0.15) is 0 Å². The lowest BCUT2D eigenvalue weighted by atomic mass is 10.0. The molecule has 1 aromatic heterocycles. The highest BCUT2D eigenvalue weighted by Gasteiger charge is 2.21. The predicted molar refractivity (Wildman–Crippen MR) is 79.2 cm³/mol. The number of aryl methyl sites for hydroxylation is 2. The minimum atomic E-state index is -0.0612. The van der Waals surface area contributed by atoms with Gasteiger partial charge in [0.25, 0.3) is 0 Å². The second-order valence-corrected chi connectivity index (χ2v) is 4.99. The van der Waals surface area contributed by atoms with E-state index in [9.17, 15) is 4.79 Å². The predicted octanol–water partition coefficient (Wildman–Crippen LogP) is 3.49. The fourth-order valence-electron chi connectivity index (χ4n) is 2.58. The molecule has 3 heteroatoms. The number of hydrogen-bond donors (Lipinski definition) is 1. The van der Waals surface area contributed by atoms with Gasteiger partial charge >= 0.3 is 0 Å². The minimum absolute atomic E-state index is 0.0149. The molecule has 2 aromatic rings. The summed E-state index contributed by atoms with van der Waals surface area (Å²) in [7, 11) is 1.81. The summed E-state index contributed by atoms with van der Waals surface area (Å²) in [5.41, 5.74) is 4.66. The minimum Gasteiger partial charge on any atom is -0.358 e. The molecular formula is C16H20N2O. The van der Waals surface area contributed by atoms with Crippen LogP contribution in [0.15, 0.2) is 30.9 Å². The molecule has 0 fully saturated rings. The van der Waals surface area contributed by atoms with Crippen LogP contribution >= 0.6 is 0 Å². The van der Waals surface area contributed by atoms with Crippen molar-refractivity contribution in [1.82, 2.24) is 9.88 Å². The molecule has 100 valence electrons. The average molecular weight is 256 g/mol. The van der Waals surface area contributed by atoms with Gasteiger partial charge in [-0.25, -0.2) is 0 Å². The Labute approximate surface area is 113 Å². The highest BCUT2D eigenvalue weighted by Crippen LogP contribution is 2.32. The normalized spacial score (nSPS) is 12.4. The van der Waals surface area contributed by atoms with E-state index in [0.29, 0.717) is 0 Å². The third-order valence-corrected chi connectivity index (χ3v) is 3.80. The van der Waals surface area contributed by atoms with Crippen molar-refractivity contribution in [3.63, 3.8) is 0 Å². The largest absolute Gasteiger partial charge is 0.358 e. The maximum Gasteiger partial charge on any atom is 0.246 e. The van der Waals surface area contributed by atoms with Crippen LogP contribution in [0.2, 0.25) is 0 Å². The SMILES string of the molecule is C=CC(=O)N(C)C(C)c1c(C)[nH]c2c(C)cccc12. The van der Waals surface area contributed by atoms with E-state index >= 15 is 0 Å². The monoisotopic (exact) mass is 256 g/mol. The van der Waals surface area contributed by atoms with Crippen LogP contribution in [0.5, 0.6) is 0 Å². The van der Waals surface area contributed by atoms with Gasteiger partial charge in [-0.15, -0.1) is 0 Å². The number of aromatic amines is 1. The summed E-state index contributed by atoms with van der Waals surface area (Å²) >= 11 is 0. The topological polar surface area (TPSA) is 36.1 Å². The van der Waals surface area contributed by atoms with E-state index in [1.165, 1.54) is 22.6 Å². The molecule has 0 bridgehead atoms. The van der Waals surface area contributed by atoms with Crippen molar-refractivity contribution in [2.24, 2.45) is 0 Å². The lowest BCUT2D eigenvalue weighted by Crippen LogP contribution is -2.28. The van der Waals surface area contributed by atoms with E-state index in [1.807, 2.05) is 14.0 Å². The van der Waals surface area contributed by atoms with Crippen LogP contribution in [0.25, 0.3) is 10.9 Å².